The maximum absolute atomic E-state index is 13.2. The SMILES string of the molecule is CC(C)C(OC(=O)N(C)C)C1CC[C@H]2C(O1)[C@H](O)[C@@]1(C)C3CC[C@H]4C(C)(C)C(OC(=O)N5CCOCC5)CCC45CC35CCC21C. The van der Waals surface area contributed by atoms with E-state index in [4.69, 9.17) is 18.9 Å². The van der Waals surface area contributed by atoms with Crippen LogP contribution in [-0.4, -0.2) is 98.0 Å². The minimum absolute atomic E-state index is 0.00261. The van der Waals surface area contributed by atoms with E-state index in [0.717, 1.165) is 44.9 Å². The van der Waals surface area contributed by atoms with Crippen LogP contribution in [0.25, 0.3) is 0 Å². The predicted octanol–water partition coefficient (Wildman–Crippen LogP) is 6.11. The first kappa shape index (κ1) is 32.9. The Morgan fingerprint density at radius 3 is 2.26 bits per heavy atom. The average Bonchev–Trinajstić information content (AvgIpc) is 3.66. The lowest BCUT2D eigenvalue weighted by atomic mass is 9.41. The summed E-state index contributed by atoms with van der Waals surface area (Å²) in [4.78, 5) is 29.0. The molecular weight excluding hydrogens is 584 g/mol. The van der Waals surface area contributed by atoms with E-state index < -0.39 is 6.10 Å². The van der Waals surface area contributed by atoms with E-state index in [1.165, 1.54) is 17.7 Å². The lowest BCUT2D eigenvalue weighted by Gasteiger charge is -2.63. The molecule has 7 aliphatic rings. The second-order valence-corrected chi connectivity index (χ2v) is 18.0. The number of ether oxygens (including phenoxy) is 4. The van der Waals surface area contributed by atoms with Gasteiger partial charge in [0.25, 0.3) is 0 Å². The molecule has 0 bridgehead atoms. The van der Waals surface area contributed by atoms with Crippen molar-refractivity contribution in [1.82, 2.24) is 9.80 Å². The molecule has 0 aromatic rings. The van der Waals surface area contributed by atoms with Gasteiger partial charge in [-0.05, 0) is 97.7 Å². The number of aliphatic hydroxyl groups is 1. The van der Waals surface area contributed by atoms with Gasteiger partial charge < -0.3 is 33.9 Å². The maximum Gasteiger partial charge on any atom is 0.410 e. The van der Waals surface area contributed by atoms with Crippen LogP contribution in [0.5, 0.6) is 0 Å². The molecule has 46 heavy (non-hydrogen) atoms. The van der Waals surface area contributed by atoms with Crippen LogP contribution in [0, 0.1) is 50.7 Å². The van der Waals surface area contributed by atoms with Crippen LogP contribution in [0.3, 0.4) is 0 Å². The summed E-state index contributed by atoms with van der Waals surface area (Å²) in [6, 6.07) is 0. The molecule has 5 saturated carbocycles. The third-order valence-electron chi connectivity index (χ3n) is 15.6. The van der Waals surface area contributed by atoms with Gasteiger partial charge in [-0.15, -0.1) is 0 Å². The van der Waals surface area contributed by atoms with Crippen molar-refractivity contribution in [3.63, 3.8) is 0 Å². The zero-order valence-corrected chi connectivity index (χ0v) is 29.7. The molecule has 260 valence electrons. The molecule has 2 amide bonds. The highest BCUT2D eigenvalue weighted by molar-refractivity contribution is 5.68. The van der Waals surface area contributed by atoms with Crippen molar-refractivity contribution in [2.75, 3.05) is 40.4 Å². The van der Waals surface area contributed by atoms with E-state index in [9.17, 15) is 14.7 Å². The third kappa shape index (κ3) is 4.34. The van der Waals surface area contributed by atoms with Gasteiger partial charge in [0.05, 0.1) is 31.5 Å². The smallest absolute Gasteiger partial charge is 0.410 e. The molecule has 7 rings (SSSR count). The second kappa shape index (κ2) is 11.0. The van der Waals surface area contributed by atoms with E-state index in [1.54, 1.807) is 14.1 Å². The van der Waals surface area contributed by atoms with Gasteiger partial charge in [-0.3, -0.25) is 0 Å². The zero-order chi connectivity index (χ0) is 33.0. The van der Waals surface area contributed by atoms with E-state index in [0.29, 0.717) is 44.1 Å². The maximum atomic E-state index is 13.2. The van der Waals surface area contributed by atoms with Crippen LogP contribution in [0.2, 0.25) is 0 Å². The predicted molar refractivity (Wildman–Crippen MR) is 173 cm³/mol. The molecule has 8 unspecified atom stereocenters. The molecule has 0 radical (unpaired) electrons. The summed E-state index contributed by atoms with van der Waals surface area (Å²) in [6.07, 6.45) is 7.80. The van der Waals surface area contributed by atoms with Gasteiger partial charge in [-0.1, -0.05) is 41.5 Å². The minimum Gasteiger partial charge on any atom is -0.446 e. The highest BCUT2D eigenvalue weighted by Crippen LogP contribution is 2.89. The van der Waals surface area contributed by atoms with Gasteiger partial charge in [0, 0.05) is 38.0 Å². The van der Waals surface area contributed by atoms with Crippen molar-refractivity contribution in [2.45, 2.75) is 130 Å². The van der Waals surface area contributed by atoms with Crippen molar-refractivity contribution in [3.8, 4) is 0 Å². The molecule has 2 spiro atoms. The lowest BCUT2D eigenvalue weighted by Crippen LogP contribution is -2.60. The third-order valence-corrected chi connectivity index (χ3v) is 15.6. The van der Waals surface area contributed by atoms with E-state index in [2.05, 4.69) is 41.5 Å². The number of nitrogens with zero attached hydrogens (tertiary/aromatic N) is 2. The van der Waals surface area contributed by atoms with E-state index >= 15 is 0 Å². The van der Waals surface area contributed by atoms with Crippen molar-refractivity contribution in [1.29, 1.82) is 0 Å². The standard InChI is InChI=1S/C37H60N2O7/c1-22(2)28(46-31(41)38(7)8)24-10-9-23-29(44-24)30(40)35(6)26-12-11-25-33(3,4)27(45-32(42)39-17-19-43-20-18-39)13-14-36(25)21-37(26,36)16-15-34(23,35)5/h22-30,40H,9-21H2,1-8H3/t23-,24?,25-,26?,27?,28?,29?,30-,34?,35+,36?,37?/m0/s1. The summed E-state index contributed by atoms with van der Waals surface area (Å²) >= 11 is 0. The van der Waals surface area contributed by atoms with Crippen LogP contribution >= 0.6 is 0 Å². The number of morpholine rings is 1. The number of amides is 2. The Balaban J connectivity index is 1.11. The molecule has 2 saturated heterocycles. The Hall–Kier alpha value is -1.58. The summed E-state index contributed by atoms with van der Waals surface area (Å²) in [5.41, 5.74) is 0.191. The molecule has 9 heteroatoms. The fourth-order valence-corrected chi connectivity index (χ4v) is 13.0. The molecule has 5 aliphatic carbocycles. The van der Waals surface area contributed by atoms with Gasteiger partial charge in [0.15, 0.2) is 0 Å². The lowest BCUT2D eigenvalue weighted by molar-refractivity contribution is -0.185. The molecule has 7 fully saturated rings. The van der Waals surface area contributed by atoms with Gasteiger partial charge in [-0.2, -0.15) is 0 Å². The fourth-order valence-electron chi connectivity index (χ4n) is 13.0. The summed E-state index contributed by atoms with van der Waals surface area (Å²) in [7, 11) is 3.43. The first-order valence-electron chi connectivity index (χ1n) is 18.4. The number of carbonyl (C=O) groups is 2. The molecule has 2 heterocycles. The summed E-state index contributed by atoms with van der Waals surface area (Å²) < 4.78 is 24.6. The molecular formula is C37H60N2O7. The van der Waals surface area contributed by atoms with Crippen molar-refractivity contribution in [2.24, 2.45) is 50.7 Å². The molecule has 1 N–H and O–H groups in total. The normalized spacial score (nSPS) is 47.8. The second-order valence-electron chi connectivity index (χ2n) is 18.0. The Kier molecular flexibility index (Phi) is 7.85. The van der Waals surface area contributed by atoms with Gasteiger partial charge in [0.1, 0.15) is 12.2 Å². The van der Waals surface area contributed by atoms with E-state index in [-0.39, 0.29) is 69.6 Å². The van der Waals surface area contributed by atoms with Gasteiger partial charge in [-0.25, -0.2) is 9.59 Å². The number of aliphatic hydroxyl groups excluding tert-OH is 1. The number of rotatable bonds is 4. The fraction of sp³-hybridized carbons (Fsp3) is 0.946. The summed E-state index contributed by atoms with van der Waals surface area (Å²) in [5, 5.41) is 12.5. The average molecular weight is 645 g/mol. The Morgan fingerprint density at radius 1 is 0.913 bits per heavy atom. The van der Waals surface area contributed by atoms with Crippen LogP contribution in [0.4, 0.5) is 9.59 Å². The Labute approximate surface area is 276 Å². The molecule has 9 nitrogen and oxygen atoms in total. The quantitative estimate of drug-likeness (QED) is 0.394. The highest BCUT2D eigenvalue weighted by atomic mass is 16.6. The van der Waals surface area contributed by atoms with E-state index in [1.807, 2.05) is 4.90 Å². The largest absolute Gasteiger partial charge is 0.446 e. The molecule has 2 aliphatic heterocycles. The number of hydrogen-bond acceptors (Lipinski definition) is 7. The van der Waals surface area contributed by atoms with Crippen molar-refractivity contribution in [3.05, 3.63) is 0 Å². The number of carbonyl (C=O) groups excluding carboxylic acids is 2. The highest BCUT2D eigenvalue weighted by Gasteiger charge is 2.84. The van der Waals surface area contributed by atoms with Crippen molar-refractivity contribution < 1.29 is 33.6 Å². The molecule has 12 atom stereocenters. The number of fused-ring (bicyclic) bond motifs is 4. The monoisotopic (exact) mass is 644 g/mol. The first-order chi connectivity index (χ1) is 21.6. The van der Waals surface area contributed by atoms with Crippen molar-refractivity contribution >= 4 is 12.2 Å². The van der Waals surface area contributed by atoms with Crippen LogP contribution in [0.15, 0.2) is 0 Å². The van der Waals surface area contributed by atoms with Crippen LogP contribution in [0.1, 0.15) is 99.3 Å². The first-order valence-corrected chi connectivity index (χ1v) is 18.4. The van der Waals surface area contributed by atoms with Gasteiger partial charge in [0.2, 0.25) is 0 Å². The summed E-state index contributed by atoms with van der Waals surface area (Å²) in [5.74, 6) is 1.39. The molecule has 0 aromatic carbocycles. The van der Waals surface area contributed by atoms with Crippen LogP contribution < -0.4 is 0 Å². The summed E-state index contributed by atoms with van der Waals surface area (Å²) in [6.45, 7) is 16.2. The molecule has 0 aromatic heterocycles. The van der Waals surface area contributed by atoms with Gasteiger partial charge >= 0.3 is 12.2 Å². The topological polar surface area (TPSA) is 97.8 Å². The Bertz CT molecular complexity index is 1220. The van der Waals surface area contributed by atoms with Crippen LogP contribution in [-0.2, 0) is 18.9 Å². The zero-order valence-electron chi connectivity index (χ0n) is 29.7. The minimum atomic E-state index is -0.544. The Morgan fingerprint density at radius 2 is 1.59 bits per heavy atom. The number of hydrogen-bond donors (Lipinski definition) is 1.